The van der Waals surface area contributed by atoms with Gasteiger partial charge in [0.05, 0.1) is 11.4 Å². The normalized spacial score (nSPS) is 13.9. The average molecular weight is 433 g/mol. The first-order chi connectivity index (χ1) is 14.1. The second-order valence-electron chi connectivity index (χ2n) is 8.11. The van der Waals surface area contributed by atoms with Crippen LogP contribution in [-0.2, 0) is 20.2 Å². The molecule has 0 saturated heterocycles. The van der Waals surface area contributed by atoms with Crippen molar-refractivity contribution in [1.29, 1.82) is 0 Å². The fourth-order valence-electron chi connectivity index (χ4n) is 3.12. The summed E-state index contributed by atoms with van der Waals surface area (Å²) in [5.41, 5.74) is 1.49. The smallest absolute Gasteiger partial charge is 0.243 e. The number of carbonyl (C=O) groups excluding carboxylic acids is 1. The number of fused-ring (bicyclic) bond motifs is 1. The molecule has 0 atom stereocenters. The van der Waals surface area contributed by atoms with E-state index in [1.54, 1.807) is 37.3 Å². The summed E-state index contributed by atoms with van der Waals surface area (Å²) in [6, 6.07) is 11.9. The minimum Gasteiger partial charge on any atom is -0.486 e. The fraction of sp³-hybridized carbons (Fsp3) is 0.409. The van der Waals surface area contributed by atoms with Crippen LogP contribution < -0.4 is 14.8 Å². The number of carbonyl (C=O) groups is 1. The summed E-state index contributed by atoms with van der Waals surface area (Å²) in [5.74, 6) is 0.747. The van der Waals surface area contributed by atoms with E-state index in [0.29, 0.717) is 30.4 Å². The molecule has 0 fully saturated rings. The zero-order valence-electron chi connectivity index (χ0n) is 17.8. The number of hydrogen-bond donors (Lipinski definition) is 1. The maximum absolute atomic E-state index is 13.0. The Hall–Kier alpha value is -2.58. The Morgan fingerprint density at radius 1 is 1.03 bits per heavy atom. The van der Waals surface area contributed by atoms with Crippen LogP contribution in [0.2, 0.25) is 0 Å². The summed E-state index contributed by atoms with van der Waals surface area (Å²) in [4.78, 5) is 12.7. The highest BCUT2D eigenvalue weighted by Crippen LogP contribution is 2.32. The lowest BCUT2D eigenvalue weighted by Crippen LogP contribution is -2.37. The Bertz CT molecular complexity index is 1010. The van der Waals surface area contributed by atoms with Gasteiger partial charge in [-0.2, -0.15) is 4.31 Å². The highest BCUT2D eigenvalue weighted by Gasteiger charge is 2.26. The number of benzene rings is 2. The van der Waals surface area contributed by atoms with Crippen molar-refractivity contribution in [2.75, 3.05) is 31.6 Å². The highest BCUT2D eigenvalue weighted by molar-refractivity contribution is 7.89. The standard InChI is InChI=1S/C22H28N2O5S/c1-5-24(30(26,27)18-9-6-16(7-10-18)22(2,3)4)15-21(25)23-17-8-11-19-20(14-17)29-13-12-28-19/h6-11,14H,5,12-13,15H2,1-4H3,(H,23,25). The molecule has 0 spiro atoms. The molecule has 1 amide bonds. The first kappa shape index (κ1) is 22.1. The fourth-order valence-corrected chi connectivity index (χ4v) is 4.53. The number of rotatable bonds is 6. The van der Waals surface area contributed by atoms with Crippen molar-refractivity contribution in [1.82, 2.24) is 4.31 Å². The minimum absolute atomic E-state index is 0.0732. The van der Waals surface area contributed by atoms with E-state index >= 15 is 0 Å². The Morgan fingerprint density at radius 3 is 2.27 bits per heavy atom. The van der Waals surface area contributed by atoms with Crippen molar-refractivity contribution >= 4 is 21.6 Å². The van der Waals surface area contributed by atoms with Crippen LogP contribution >= 0.6 is 0 Å². The van der Waals surface area contributed by atoms with Crippen LogP contribution in [0.3, 0.4) is 0 Å². The zero-order chi connectivity index (χ0) is 21.9. The van der Waals surface area contributed by atoms with Crippen molar-refractivity contribution in [2.24, 2.45) is 0 Å². The molecule has 1 aliphatic rings. The monoisotopic (exact) mass is 432 g/mol. The van der Waals surface area contributed by atoms with Crippen LogP contribution in [0.15, 0.2) is 47.4 Å². The van der Waals surface area contributed by atoms with Gasteiger partial charge in [-0.25, -0.2) is 8.42 Å². The number of amides is 1. The van der Waals surface area contributed by atoms with Gasteiger partial charge in [0, 0.05) is 18.3 Å². The van der Waals surface area contributed by atoms with E-state index in [9.17, 15) is 13.2 Å². The Kier molecular flexibility index (Phi) is 6.38. The van der Waals surface area contributed by atoms with Gasteiger partial charge in [-0.05, 0) is 35.2 Å². The van der Waals surface area contributed by atoms with Crippen molar-refractivity contribution in [2.45, 2.75) is 38.0 Å². The molecular weight excluding hydrogens is 404 g/mol. The summed E-state index contributed by atoms with van der Waals surface area (Å²) < 4.78 is 38.2. The molecule has 0 unspecified atom stereocenters. The molecule has 1 heterocycles. The number of nitrogens with zero attached hydrogens (tertiary/aromatic N) is 1. The van der Waals surface area contributed by atoms with E-state index in [4.69, 9.17) is 9.47 Å². The average Bonchev–Trinajstić information content (AvgIpc) is 2.71. The van der Waals surface area contributed by atoms with Crippen molar-refractivity contribution in [3.05, 3.63) is 48.0 Å². The van der Waals surface area contributed by atoms with Crippen LogP contribution in [0.25, 0.3) is 0 Å². The van der Waals surface area contributed by atoms with Gasteiger partial charge in [0.2, 0.25) is 15.9 Å². The third kappa shape index (κ3) is 4.94. The molecule has 30 heavy (non-hydrogen) atoms. The Morgan fingerprint density at radius 2 is 1.67 bits per heavy atom. The third-order valence-electron chi connectivity index (χ3n) is 4.86. The zero-order valence-corrected chi connectivity index (χ0v) is 18.6. The molecule has 0 aromatic heterocycles. The molecule has 0 aliphatic carbocycles. The SMILES string of the molecule is CCN(CC(=O)Nc1ccc2c(c1)OCCO2)S(=O)(=O)c1ccc(C(C)(C)C)cc1. The lowest BCUT2D eigenvalue weighted by atomic mass is 9.87. The van der Waals surface area contributed by atoms with Gasteiger partial charge < -0.3 is 14.8 Å². The second kappa shape index (κ2) is 8.65. The minimum atomic E-state index is -3.79. The van der Waals surface area contributed by atoms with Crippen molar-refractivity contribution in [3.8, 4) is 11.5 Å². The topological polar surface area (TPSA) is 84.9 Å². The summed E-state index contributed by atoms with van der Waals surface area (Å²) >= 11 is 0. The van der Waals surface area contributed by atoms with Gasteiger partial charge in [0.15, 0.2) is 11.5 Å². The first-order valence-corrected chi connectivity index (χ1v) is 11.4. The molecule has 0 saturated carbocycles. The maximum Gasteiger partial charge on any atom is 0.243 e. The summed E-state index contributed by atoms with van der Waals surface area (Å²) in [6.07, 6.45) is 0. The summed E-state index contributed by atoms with van der Waals surface area (Å²) in [6.45, 7) is 8.73. The predicted octanol–water partition coefficient (Wildman–Crippen LogP) is 3.40. The van der Waals surface area contributed by atoms with E-state index in [2.05, 4.69) is 26.1 Å². The lowest BCUT2D eigenvalue weighted by Gasteiger charge is -2.22. The second-order valence-corrected chi connectivity index (χ2v) is 10.1. The predicted molar refractivity (Wildman–Crippen MR) is 116 cm³/mol. The van der Waals surface area contributed by atoms with E-state index in [1.165, 1.54) is 0 Å². The molecule has 162 valence electrons. The number of ether oxygens (including phenoxy) is 2. The van der Waals surface area contributed by atoms with Crippen molar-refractivity contribution in [3.63, 3.8) is 0 Å². The van der Waals surface area contributed by atoms with Crippen molar-refractivity contribution < 1.29 is 22.7 Å². The third-order valence-corrected chi connectivity index (χ3v) is 6.79. The molecule has 1 aliphatic heterocycles. The molecule has 2 aromatic rings. The van der Waals surface area contributed by atoms with Gasteiger partial charge >= 0.3 is 0 Å². The van der Waals surface area contributed by atoms with E-state index < -0.39 is 15.9 Å². The van der Waals surface area contributed by atoms with Gasteiger partial charge in [-0.1, -0.05) is 39.8 Å². The Balaban J connectivity index is 1.71. The lowest BCUT2D eigenvalue weighted by molar-refractivity contribution is -0.116. The van der Waals surface area contributed by atoms with Crippen LogP contribution in [0, 0.1) is 0 Å². The van der Waals surface area contributed by atoms with Crippen LogP contribution in [0.1, 0.15) is 33.3 Å². The van der Waals surface area contributed by atoms with E-state index in [-0.39, 0.29) is 23.4 Å². The summed E-state index contributed by atoms with van der Waals surface area (Å²) in [7, 11) is -3.79. The van der Waals surface area contributed by atoms with E-state index in [1.807, 2.05) is 12.1 Å². The first-order valence-electron chi connectivity index (χ1n) is 9.91. The Labute approximate surface area is 178 Å². The maximum atomic E-state index is 13.0. The number of hydrogen-bond acceptors (Lipinski definition) is 5. The van der Waals surface area contributed by atoms with Gasteiger partial charge in [-0.15, -0.1) is 0 Å². The number of nitrogens with one attached hydrogen (secondary N) is 1. The van der Waals surface area contributed by atoms with E-state index in [0.717, 1.165) is 9.87 Å². The molecule has 8 heteroatoms. The number of sulfonamides is 1. The molecule has 3 rings (SSSR count). The van der Waals surface area contributed by atoms with Gasteiger partial charge in [0.25, 0.3) is 0 Å². The highest BCUT2D eigenvalue weighted by atomic mass is 32.2. The summed E-state index contributed by atoms with van der Waals surface area (Å²) in [5, 5.41) is 2.73. The molecule has 0 radical (unpaired) electrons. The number of likely N-dealkylation sites (N-methyl/N-ethyl adjacent to an activating group) is 1. The van der Waals surface area contributed by atoms with Crippen LogP contribution in [-0.4, -0.2) is 44.9 Å². The van der Waals surface area contributed by atoms with Crippen LogP contribution in [0.5, 0.6) is 11.5 Å². The number of anilines is 1. The molecule has 1 N–H and O–H groups in total. The molecule has 2 aromatic carbocycles. The molecular formula is C22H28N2O5S. The largest absolute Gasteiger partial charge is 0.486 e. The van der Waals surface area contributed by atoms with Crippen LogP contribution in [0.4, 0.5) is 5.69 Å². The molecule has 7 nitrogen and oxygen atoms in total. The quantitative estimate of drug-likeness (QED) is 0.756. The van der Waals surface area contributed by atoms with Gasteiger partial charge in [-0.3, -0.25) is 4.79 Å². The van der Waals surface area contributed by atoms with Gasteiger partial charge in [0.1, 0.15) is 13.2 Å². The molecule has 0 bridgehead atoms.